The third kappa shape index (κ3) is 2.71. The molecular formula is C18H26N2O. The summed E-state index contributed by atoms with van der Waals surface area (Å²) in [6, 6.07) is 10.3. The Morgan fingerprint density at radius 3 is 2.57 bits per heavy atom. The van der Waals surface area contributed by atoms with Crippen LogP contribution in [0.2, 0.25) is 0 Å². The Bertz CT molecular complexity index is 483. The van der Waals surface area contributed by atoms with Gasteiger partial charge in [0.1, 0.15) is 6.04 Å². The molecule has 1 aromatic carbocycles. The molecule has 2 aliphatic rings. The highest BCUT2D eigenvalue weighted by Gasteiger charge is 2.44. The molecule has 3 nitrogen and oxygen atoms in total. The van der Waals surface area contributed by atoms with Gasteiger partial charge in [-0.25, -0.2) is 0 Å². The van der Waals surface area contributed by atoms with E-state index in [-0.39, 0.29) is 18.1 Å². The van der Waals surface area contributed by atoms with Crippen LogP contribution < -0.4 is 5.32 Å². The Morgan fingerprint density at radius 2 is 2.00 bits per heavy atom. The van der Waals surface area contributed by atoms with Gasteiger partial charge in [-0.1, -0.05) is 50.1 Å². The van der Waals surface area contributed by atoms with Gasteiger partial charge >= 0.3 is 0 Å². The fourth-order valence-electron chi connectivity index (χ4n) is 3.66. The normalized spacial score (nSPS) is 27.7. The minimum atomic E-state index is -0.162. The summed E-state index contributed by atoms with van der Waals surface area (Å²) in [6.07, 6.45) is 6.21. The summed E-state index contributed by atoms with van der Waals surface area (Å²) in [7, 11) is 0. The number of amides is 1. The fourth-order valence-corrected chi connectivity index (χ4v) is 3.66. The lowest BCUT2D eigenvalue weighted by atomic mass is 9.79. The molecular weight excluding hydrogens is 260 g/mol. The van der Waals surface area contributed by atoms with Crippen LogP contribution in [0.1, 0.15) is 57.6 Å². The van der Waals surface area contributed by atoms with Crippen LogP contribution in [-0.4, -0.2) is 23.0 Å². The van der Waals surface area contributed by atoms with Crippen molar-refractivity contribution < 1.29 is 4.79 Å². The first kappa shape index (κ1) is 14.6. The van der Waals surface area contributed by atoms with Gasteiger partial charge in [0.05, 0.1) is 6.17 Å². The lowest BCUT2D eigenvalue weighted by Crippen LogP contribution is -2.48. The molecule has 1 aromatic rings. The Balaban J connectivity index is 1.81. The lowest BCUT2D eigenvalue weighted by Gasteiger charge is -2.39. The molecule has 3 rings (SSSR count). The second-order valence-electron chi connectivity index (χ2n) is 6.49. The van der Waals surface area contributed by atoms with Gasteiger partial charge in [-0.3, -0.25) is 10.1 Å². The van der Waals surface area contributed by atoms with Crippen molar-refractivity contribution in [3.8, 4) is 0 Å². The van der Waals surface area contributed by atoms with Gasteiger partial charge in [0.15, 0.2) is 0 Å². The predicted octanol–water partition coefficient (Wildman–Crippen LogP) is 3.47. The quantitative estimate of drug-likeness (QED) is 0.899. The summed E-state index contributed by atoms with van der Waals surface area (Å²) < 4.78 is 0. The van der Waals surface area contributed by atoms with Gasteiger partial charge in [0.2, 0.25) is 5.91 Å². The fraction of sp³-hybridized carbons (Fsp3) is 0.611. The Hall–Kier alpha value is -1.35. The van der Waals surface area contributed by atoms with Crippen LogP contribution >= 0.6 is 0 Å². The molecule has 1 amide bonds. The molecule has 1 heterocycles. The molecule has 0 radical (unpaired) electrons. The van der Waals surface area contributed by atoms with Gasteiger partial charge < -0.3 is 4.90 Å². The molecule has 0 spiro atoms. The van der Waals surface area contributed by atoms with Crippen LogP contribution in [-0.2, 0) is 4.79 Å². The summed E-state index contributed by atoms with van der Waals surface area (Å²) in [6.45, 7) is 4.42. The molecule has 3 heteroatoms. The standard InChI is InChI=1S/C18H26N2O/c1-3-8-16-19-17(15-9-5-4-6-10-15)18(21)20(16)13(2)14-11-7-12-14/h4-6,9-10,13-14,16-17,19H,3,7-8,11-12H2,1-2H3. The molecule has 1 saturated heterocycles. The van der Waals surface area contributed by atoms with Crippen molar-refractivity contribution in [2.75, 3.05) is 0 Å². The Labute approximate surface area is 127 Å². The number of carbonyl (C=O) groups excluding carboxylic acids is 1. The number of hydrogen-bond acceptors (Lipinski definition) is 2. The zero-order valence-electron chi connectivity index (χ0n) is 13.1. The van der Waals surface area contributed by atoms with E-state index in [1.165, 1.54) is 19.3 Å². The second kappa shape index (κ2) is 6.18. The maximum atomic E-state index is 12.9. The van der Waals surface area contributed by atoms with Gasteiger partial charge in [0, 0.05) is 6.04 Å². The van der Waals surface area contributed by atoms with Gasteiger partial charge in [-0.05, 0) is 37.7 Å². The van der Waals surface area contributed by atoms with E-state index in [1.807, 2.05) is 18.2 Å². The number of nitrogens with zero attached hydrogens (tertiary/aromatic N) is 1. The van der Waals surface area contributed by atoms with Crippen molar-refractivity contribution in [1.29, 1.82) is 0 Å². The Kier molecular flexibility index (Phi) is 4.29. The summed E-state index contributed by atoms with van der Waals surface area (Å²) in [5, 5.41) is 3.57. The smallest absolute Gasteiger partial charge is 0.245 e. The van der Waals surface area contributed by atoms with E-state index in [2.05, 4.69) is 36.2 Å². The average molecular weight is 286 g/mol. The van der Waals surface area contributed by atoms with E-state index in [1.54, 1.807) is 0 Å². The summed E-state index contributed by atoms with van der Waals surface area (Å²) >= 11 is 0. The van der Waals surface area contributed by atoms with E-state index < -0.39 is 0 Å². The number of rotatable bonds is 5. The molecule has 21 heavy (non-hydrogen) atoms. The SMILES string of the molecule is CCCC1NC(c2ccccc2)C(=O)N1C(C)C1CCC1. The highest BCUT2D eigenvalue weighted by molar-refractivity contribution is 5.86. The number of benzene rings is 1. The third-order valence-corrected chi connectivity index (χ3v) is 5.16. The topological polar surface area (TPSA) is 32.3 Å². The molecule has 0 bridgehead atoms. The van der Waals surface area contributed by atoms with E-state index in [4.69, 9.17) is 0 Å². The van der Waals surface area contributed by atoms with Crippen LogP contribution in [0.5, 0.6) is 0 Å². The minimum absolute atomic E-state index is 0.162. The molecule has 2 fully saturated rings. The third-order valence-electron chi connectivity index (χ3n) is 5.16. The van der Waals surface area contributed by atoms with E-state index in [9.17, 15) is 4.79 Å². The van der Waals surface area contributed by atoms with Gasteiger partial charge in [-0.15, -0.1) is 0 Å². The van der Waals surface area contributed by atoms with Crippen molar-refractivity contribution in [3.63, 3.8) is 0 Å². The molecule has 3 atom stereocenters. The van der Waals surface area contributed by atoms with Crippen molar-refractivity contribution in [3.05, 3.63) is 35.9 Å². The zero-order valence-corrected chi connectivity index (χ0v) is 13.1. The minimum Gasteiger partial charge on any atom is -0.323 e. The van der Waals surface area contributed by atoms with Crippen LogP contribution in [0.3, 0.4) is 0 Å². The highest BCUT2D eigenvalue weighted by atomic mass is 16.2. The number of hydrogen-bond donors (Lipinski definition) is 1. The summed E-state index contributed by atoms with van der Waals surface area (Å²) in [5.41, 5.74) is 1.09. The molecule has 1 N–H and O–H groups in total. The van der Waals surface area contributed by atoms with E-state index in [0.29, 0.717) is 12.0 Å². The first-order valence-electron chi connectivity index (χ1n) is 8.35. The number of nitrogens with one attached hydrogen (secondary N) is 1. The Morgan fingerprint density at radius 1 is 1.29 bits per heavy atom. The van der Waals surface area contributed by atoms with Crippen LogP contribution in [0.25, 0.3) is 0 Å². The largest absolute Gasteiger partial charge is 0.323 e. The van der Waals surface area contributed by atoms with Gasteiger partial charge in [-0.2, -0.15) is 0 Å². The monoisotopic (exact) mass is 286 g/mol. The maximum absolute atomic E-state index is 12.9. The van der Waals surface area contributed by atoms with Crippen LogP contribution in [0, 0.1) is 5.92 Å². The maximum Gasteiger partial charge on any atom is 0.245 e. The van der Waals surface area contributed by atoms with Crippen LogP contribution in [0.4, 0.5) is 0 Å². The van der Waals surface area contributed by atoms with Gasteiger partial charge in [0.25, 0.3) is 0 Å². The first-order chi connectivity index (χ1) is 10.2. The molecule has 3 unspecified atom stereocenters. The summed E-state index contributed by atoms with van der Waals surface area (Å²) in [4.78, 5) is 15.1. The highest BCUT2D eigenvalue weighted by Crippen LogP contribution is 2.36. The van der Waals surface area contributed by atoms with Crippen molar-refractivity contribution in [2.24, 2.45) is 5.92 Å². The second-order valence-corrected chi connectivity index (χ2v) is 6.49. The predicted molar refractivity (Wildman–Crippen MR) is 84.7 cm³/mol. The lowest BCUT2D eigenvalue weighted by molar-refractivity contribution is -0.134. The van der Waals surface area contributed by atoms with E-state index in [0.717, 1.165) is 18.4 Å². The zero-order chi connectivity index (χ0) is 14.8. The van der Waals surface area contributed by atoms with Crippen molar-refractivity contribution in [1.82, 2.24) is 10.2 Å². The number of carbonyl (C=O) groups is 1. The van der Waals surface area contributed by atoms with Crippen molar-refractivity contribution in [2.45, 2.75) is 64.2 Å². The first-order valence-corrected chi connectivity index (χ1v) is 8.35. The molecule has 114 valence electrons. The molecule has 1 aliphatic heterocycles. The summed E-state index contributed by atoms with van der Waals surface area (Å²) in [5.74, 6) is 0.962. The van der Waals surface area contributed by atoms with E-state index >= 15 is 0 Å². The molecule has 1 saturated carbocycles. The average Bonchev–Trinajstić information content (AvgIpc) is 2.75. The molecule has 0 aromatic heterocycles. The van der Waals surface area contributed by atoms with Crippen LogP contribution in [0.15, 0.2) is 30.3 Å². The molecule has 1 aliphatic carbocycles. The van der Waals surface area contributed by atoms with Crippen molar-refractivity contribution >= 4 is 5.91 Å².